The molecular formula is C21H26N2O3S. The first-order valence-electron chi connectivity index (χ1n) is 9.46. The van der Waals surface area contributed by atoms with Crippen molar-refractivity contribution < 1.29 is 13.2 Å². The summed E-state index contributed by atoms with van der Waals surface area (Å²) in [5, 5.41) is 3.12. The molecule has 0 bridgehead atoms. The number of hydrogen-bond acceptors (Lipinski definition) is 3. The fourth-order valence-corrected chi connectivity index (χ4v) is 4.63. The van der Waals surface area contributed by atoms with Crippen molar-refractivity contribution in [2.24, 2.45) is 0 Å². The number of rotatable bonds is 5. The molecule has 1 amide bonds. The molecule has 1 aliphatic carbocycles. The molecule has 1 saturated carbocycles. The summed E-state index contributed by atoms with van der Waals surface area (Å²) >= 11 is 0. The molecule has 2 aromatic carbocycles. The number of carbonyl (C=O) groups is 1. The Morgan fingerprint density at radius 3 is 2.26 bits per heavy atom. The van der Waals surface area contributed by atoms with Crippen LogP contribution in [0.1, 0.15) is 54.4 Å². The van der Waals surface area contributed by atoms with E-state index in [4.69, 9.17) is 0 Å². The molecule has 0 aromatic heterocycles. The molecule has 0 aliphatic heterocycles. The van der Waals surface area contributed by atoms with Gasteiger partial charge in [0.15, 0.2) is 0 Å². The van der Waals surface area contributed by atoms with Crippen molar-refractivity contribution in [3.8, 4) is 0 Å². The van der Waals surface area contributed by atoms with Crippen LogP contribution >= 0.6 is 0 Å². The standard InChI is InChI=1S/C21H26N2O3S/c1-16-19(21(24)22-17-10-5-2-3-6-11-17)14-9-15-20(16)23-27(25,26)18-12-7-4-8-13-18/h4,7-9,12-15,17,23H,2-3,5-6,10-11H2,1H3,(H,22,24). The number of carbonyl (C=O) groups excluding carboxylic acids is 1. The zero-order chi connectivity index (χ0) is 19.3. The summed E-state index contributed by atoms with van der Waals surface area (Å²) in [6.07, 6.45) is 6.74. The molecule has 2 N–H and O–H groups in total. The van der Waals surface area contributed by atoms with E-state index in [1.165, 1.54) is 12.8 Å². The number of amides is 1. The lowest BCUT2D eigenvalue weighted by atomic mass is 10.0. The van der Waals surface area contributed by atoms with Crippen molar-refractivity contribution in [3.63, 3.8) is 0 Å². The lowest BCUT2D eigenvalue weighted by Gasteiger charge is -2.18. The van der Waals surface area contributed by atoms with Gasteiger partial charge in [0, 0.05) is 11.6 Å². The van der Waals surface area contributed by atoms with Gasteiger partial charge in [-0.3, -0.25) is 9.52 Å². The fraction of sp³-hybridized carbons (Fsp3) is 0.381. The van der Waals surface area contributed by atoms with E-state index in [9.17, 15) is 13.2 Å². The van der Waals surface area contributed by atoms with Crippen molar-refractivity contribution in [2.75, 3.05) is 4.72 Å². The quantitative estimate of drug-likeness (QED) is 0.755. The van der Waals surface area contributed by atoms with Crippen LogP contribution in [-0.2, 0) is 10.0 Å². The van der Waals surface area contributed by atoms with Crippen LogP contribution in [0, 0.1) is 6.92 Å². The predicted octanol–water partition coefficient (Wildman–Crippen LogP) is 4.25. The Morgan fingerprint density at radius 2 is 1.59 bits per heavy atom. The molecule has 0 unspecified atom stereocenters. The smallest absolute Gasteiger partial charge is 0.261 e. The van der Waals surface area contributed by atoms with E-state index < -0.39 is 10.0 Å². The minimum absolute atomic E-state index is 0.139. The lowest BCUT2D eigenvalue weighted by molar-refractivity contribution is 0.0933. The number of anilines is 1. The van der Waals surface area contributed by atoms with E-state index in [0.29, 0.717) is 16.8 Å². The molecule has 0 heterocycles. The Balaban J connectivity index is 1.78. The second kappa shape index (κ2) is 8.57. The minimum atomic E-state index is -3.69. The highest BCUT2D eigenvalue weighted by molar-refractivity contribution is 7.92. The number of sulfonamides is 1. The van der Waals surface area contributed by atoms with Crippen LogP contribution in [0.15, 0.2) is 53.4 Å². The number of hydrogen-bond donors (Lipinski definition) is 2. The van der Waals surface area contributed by atoms with Gasteiger partial charge in [-0.1, -0.05) is 49.9 Å². The summed E-state index contributed by atoms with van der Waals surface area (Å²) in [5.74, 6) is -0.139. The van der Waals surface area contributed by atoms with Crippen LogP contribution in [0.2, 0.25) is 0 Å². The van der Waals surface area contributed by atoms with Gasteiger partial charge < -0.3 is 5.32 Å². The first-order chi connectivity index (χ1) is 13.0. The van der Waals surface area contributed by atoms with Crippen LogP contribution in [0.5, 0.6) is 0 Å². The molecule has 3 rings (SSSR count). The molecule has 144 valence electrons. The molecular weight excluding hydrogens is 360 g/mol. The highest BCUT2D eigenvalue weighted by Crippen LogP contribution is 2.23. The maximum Gasteiger partial charge on any atom is 0.261 e. The summed E-state index contributed by atoms with van der Waals surface area (Å²) in [5.41, 5.74) is 1.56. The molecule has 0 saturated heterocycles. The molecule has 2 aromatic rings. The molecule has 27 heavy (non-hydrogen) atoms. The second-order valence-electron chi connectivity index (χ2n) is 7.06. The van der Waals surface area contributed by atoms with Gasteiger partial charge in [-0.05, 0) is 49.6 Å². The molecule has 0 atom stereocenters. The molecule has 1 aliphatic rings. The summed E-state index contributed by atoms with van der Waals surface area (Å²) in [6.45, 7) is 1.77. The van der Waals surface area contributed by atoms with E-state index in [0.717, 1.165) is 25.7 Å². The average Bonchev–Trinajstić information content (AvgIpc) is 2.92. The zero-order valence-electron chi connectivity index (χ0n) is 15.6. The van der Waals surface area contributed by atoms with Gasteiger partial charge in [0.2, 0.25) is 0 Å². The summed E-state index contributed by atoms with van der Waals surface area (Å²) in [7, 11) is -3.69. The Bertz CT molecular complexity index is 887. The van der Waals surface area contributed by atoms with Crippen molar-refractivity contribution in [2.45, 2.75) is 56.4 Å². The van der Waals surface area contributed by atoms with Crippen molar-refractivity contribution in [1.29, 1.82) is 0 Å². The Labute approximate surface area is 161 Å². The van der Waals surface area contributed by atoms with Crippen molar-refractivity contribution >= 4 is 21.6 Å². The maximum absolute atomic E-state index is 12.7. The molecule has 1 fully saturated rings. The van der Waals surface area contributed by atoms with Gasteiger partial charge in [0.05, 0.1) is 10.6 Å². The summed E-state index contributed by atoms with van der Waals surface area (Å²) < 4.78 is 27.8. The second-order valence-corrected chi connectivity index (χ2v) is 8.74. The van der Waals surface area contributed by atoms with E-state index in [1.54, 1.807) is 55.5 Å². The maximum atomic E-state index is 12.7. The van der Waals surface area contributed by atoms with Crippen LogP contribution < -0.4 is 10.0 Å². The number of nitrogens with one attached hydrogen (secondary N) is 2. The topological polar surface area (TPSA) is 75.3 Å². The zero-order valence-corrected chi connectivity index (χ0v) is 16.4. The Morgan fingerprint density at radius 1 is 0.926 bits per heavy atom. The van der Waals surface area contributed by atoms with E-state index in [1.807, 2.05) is 0 Å². The van der Waals surface area contributed by atoms with Crippen molar-refractivity contribution in [1.82, 2.24) is 5.32 Å². The largest absolute Gasteiger partial charge is 0.349 e. The molecule has 0 spiro atoms. The van der Waals surface area contributed by atoms with Gasteiger partial charge in [0.25, 0.3) is 15.9 Å². The third-order valence-electron chi connectivity index (χ3n) is 5.07. The van der Waals surface area contributed by atoms with E-state index >= 15 is 0 Å². The Kier molecular flexibility index (Phi) is 6.16. The third kappa shape index (κ3) is 4.89. The van der Waals surface area contributed by atoms with Gasteiger partial charge in [-0.15, -0.1) is 0 Å². The lowest BCUT2D eigenvalue weighted by Crippen LogP contribution is -2.34. The first-order valence-corrected chi connectivity index (χ1v) is 10.9. The molecule has 6 heteroatoms. The molecule has 5 nitrogen and oxygen atoms in total. The monoisotopic (exact) mass is 386 g/mol. The first kappa shape index (κ1) is 19.4. The number of benzene rings is 2. The fourth-order valence-electron chi connectivity index (χ4n) is 3.48. The third-order valence-corrected chi connectivity index (χ3v) is 6.45. The summed E-state index contributed by atoms with van der Waals surface area (Å²) in [4.78, 5) is 12.9. The van der Waals surface area contributed by atoms with E-state index in [2.05, 4.69) is 10.0 Å². The van der Waals surface area contributed by atoms with Gasteiger partial charge in [-0.25, -0.2) is 8.42 Å². The van der Waals surface area contributed by atoms with Crippen molar-refractivity contribution in [3.05, 3.63) is 59.7 Å². The highest BCUT2D eigenvalue weighted by Gasteiger charge is 2.20. The Hall–Kier alpha value is -2.34. The average molecular weight is 387 g/mol. The minimum Gasteiger partial charge on any atom is -0.349 e. The predicted molar refractivity (Wildman–Crippen MR) is 107 cm³/mol. The highest BCUT2D eigenvalue weighted by atomic mass is 32.2. The van der Waals surface area contributed by atoms with Crippen LogP contribution in [0.3, 0.4) is 0 Å². The molecule has 0 radical (unpaired) electrons. The van der Waals surface area contributed by atoms with Gasteiger partial charge >= 0.3 is 0 Å². The van der Waals surface area contributed by atoms with Gasteiger partial charge in [-0.2, -0.15) is 0 Å². The van der Waals surface area contributed by atoms with Crippen LogP contribution in [-0.4, -0.2) is 20.4 Å². The summed E-state index contributed by atoms with van der Waals surface area (Å²) in [6, 6.07) is 13.5. The van der Waals surface area contributed by atoms with Gasteiger partial charge in [0.1, 0.15) is 0 Å². The SMILES string of the molecule is Cc1c(NS(=O)(=O)c2ccccc2)cccc1C(=O)NC1CCCCCC1. The normalized spacial score (nSPS) is 15.7. The van der Waals surface area contributed by atoms with Crippen LogP contribution in [0.4, 0.5) is 5.69 Å². The van der Waals surface area contributed by atoms with E-state index in [-0.39, 0.29) is 16.8 Å². The van der Waals surface area contributed by atoms with Crippen LogP contribution in [0.25, 0.3) is 0 Å².